The lowest BCUT2D eigenvalue weighted by molar-refractivity contribution is -0.384. The summed E-state index contributed by atoms with van der Waals surface area (Å²) in [6, 6.07) is 30.5. The Morgan fingerprint density at radius 2 is 1.44 bits per heavy atom. The van der Waals surface area contributed by atoms with Gasteiger partial charge in [0.2, 0.25) is 0 Å². The Labute approximate surface area is 224 Å². The fraction of sp³-hybridized carbons (Fsp3) is 0.133. The van der Waals surface area contributed by atoms with E-state index >= 15 is 0 Å². The van der Waals surface area contributed by atoms with Crippen LogP contribution in [0.25, 0.3) is 0 Å². The normalized spacial score (nSPS) is 14.6. The van der Waals surface area contributed by atoms with Crippen molar-refractivity contribution in [3.05, 3.63) is 135 Å². The van der Waals surface area contributed by atoms with Gasteiger partial charge in [0.25, 0.3) is 11.6 Å². The molecule has 0 spiro atoms. The van der Waals surface area contributed by atoms with E-state index in [0.29, 0.717) is 23.5 Å². The van der Waals surface area contributed by atoms with Crippen molar-refractivity contribution in [2.45, 2.75) is 19.3 Å². The van der Waals surface area contributed by atoms with Gasteiger partial charge in [0.05, 0.1) is 16.2 Å². The van der Waals surface area contributed by atoms with Crippen LogP contribution in [0.5, 0.6) is 5.75 Å². The molecule has 0 saturated carbocycles. The van der Waals surface area contributed by atoms with Crippen LogP contribution in [0.3, 0.4) is 0 Å². The smallest absolute Gasteiger partial charge is 0.341 e. The highest BCUT2D eigenvalue weighted by Crippen LogP contribution is 2.44. The summed E-state index contributed by atoms with van der Waals surface area (Å²) in [6.45, 7) is 0.0466. The second kappa shape index (κ2) is 11.1. The molecule has 1 N–H and O–H groups in total. The van der Waals surface area contributed by atoms with Crippen LogP contribution in [0.1, 0.15) is 33.2 Å². The van der Waals surface area contributed by atoms with Gasteiger partial charge in [0.15, 0.2) is 6.61 Å². The summed E-state index contributed by atoms with van der Waals surface area (Å²) >= 11 is 0. The van der Waals surface area contributed by atoms with Crippen LogP contribution < -0.4 is 9.64 Å². The van der Waals surface area contributed by atoms with Crippen molar-refractivity contribution in [3.8, 4) is 5.75 Å². The minimum absolute atomic E-state index is 0.176. The van der Waals surface area contributed by atoms with Crippen molar-refractivity contribution in [2.75, 3.05) is 11.5 Å². The number of hydrogen-bond donors (Lipinski definition) is 1. The van der Waals surface area contributed by atoms with Crippen LogP contribution in [-0.2, 0) is 17.9 Å². The summed E-state index contributed by atoms with van der Waals surface area (Å²) in [5, 5.41) is 20.9. The molecular weight excluding hydrogens is 498 g/mol. The molecule has 0 aliphatic carbocycles. The maximum Gasteiger partial charge on any atom is 0.341 e. The zero-order valence-electron chi connectivity index (χ0n) is 20.8. The van der Waals surface area contributed by atoms with Crippen molar-refractivity contribution >= 4 is 23.3 Å². The molecule has 0 fully saturated rings. The fourth-order valence-corrected chi connectivity index (χ4v) is 4.82. The molecule has 1 atom stereocenters. The molecule has 5 rings (SSSR count). The minimum atomic E-state index is -1.12. The molecule has 9 nitrogen and oxygen atoms in total. The summed E-state index contributed by atoms with van der Waals surface area (Å²) in [5.74, 6) is -1.16. The number of anilines is 1. The summed E-state index contributed by atoms with van der Waals surface area (Å²) in [6.07, 6.45) is -0.697. The number of amides is 1. The molecule has 4 aromatic carbocycles. The average molecular weight is 524 g/mol. The molecule has 39 heavy (non-hydrogen) atoms. The van der Waals surface area contributed by atoms with E-state index in [1.54, 1.807) is 29.2 Å². The lowest BCUT2D eigenvalue weighted by atomic mass is 9.98. The summed E-state index contributed by atoms with van der Waals surface area (Å²) in [7, 11) is 0. The molecule has 4 aromatic rings. The highest BCUT2D eigenvalue weighted by Gasteiger charge is 2.40. The van der Waals surface area contributed by atoms with Gasteiger partial charge in [-0.25, -0.2) is 4.79 Å². The van der Waals surface area contributed by atoms with Crippen LogP contribution in [0.2, 0.25) is 0 Å². The molecule has 1 aliphatic rings. The number of fused-ring (bicyclic) bond motifs is 1. The Balaban J connectivity index is 1.71. The van der Waals surface area contributed by atoms with Gasteiger partial charge in [-0.2, -0.15) is 0 Å². The van der Waals surface area contributed by atoms with Gasteiger partial charge in [-0.15, -0.1) is 0 Å². The first-order valence-electron chi connectivity index (χ1n) is 12.3. The summed E-state index contributed by atoms with van der Waals surface area (Å²) < 4.78 is 5.67. The first-order chi connectivity index (χ1) is 18.9. The molecule has 0 aromatic heterocycles. The number of nitro groups is 1. The third-order valence-electron chi connectivity index (χ3n) is 6.52. The molecule has 0 radical (unpaired) electrons. The molecule has 9 heteroatoms. The number of non-ortho nitro benzene ring substituents is 1. The molecular formula is C30H25N3O6. The predicted octanol–water partition coefficient (Wildman–Crippen LogP) is 5.42. The molecule has 196 valence electrons. The van der Waals surface area contributed by atoms with Crippen molar-refractivity contribution in [3.63, 3.8) is 0 Å². The van der Waals surface area contributed by atoms with Crippen molar-refractivity contribution in [2.24, 2.45) is 0 Å². The topological polar surface area (TPSA) is 113 Å². The van der Waals surface area contributed by atoms with E-state index < -0.39 is 23.7 Å². The van der Waals surface area contributed by atoms with E-state index in [1.165, 1.54) is 12.1 Å². The molecule has 0 saturated heterocycles. The SMILES string of the molecule is O=C(O)COc1ccccc1[C@H]1N(Cc2ccccc2)C(=O)c2cc([N+](=O)[O-])ccc2N1Cc1ccccc1. The largest absolute Gasteiger partial charge is 0.481 e. The van der Waals surface area contributed by atoms with E-state index in [2.05, 4.69) is 0 Å². The molecule has 1 amide bonds. The number of aliphatic carboxylic acids is 1. The zero-order valence-corrected chi connectivity index (χ0v) is 20.8. The zero-order chi connectivity index (χ0) is 27.4. The molecule has 0 unspecified atom stereocenters. The summed E-state index contributed by atoms with van der Waals surface area (Å²) in [5.41, 5.74) is 3.01. The molecule has 1 heterocycles. The Hall–Kier alpha value is -5.18. The standard InChI is InChI=1S/C30H25N3O6/c34-28(35)20-39-27-14-8-7-13-24(27)29-31(18-21-9-3-1-4-10-21)26-16-15-23(33(37)38)17-25(26)30(36)32(29)19-22-11-5-2-6-12-22/h1-17,29H,18-20H2,(H,34,35)/t29-/m1/s1. The maximum absolute atomic E-state index is 14.1. The van der Waals surface area contributed by atoms with Gasteiger partial charge in [-0.1, -0.05) is 78.9 Å². The number of hydrogen-bond acceptors (Lipinski definition) is 6. The number of para-hydroxylation sites is 1. The van der Waals surface area contributed by atoms with E-state index in [1.807, 2.05) is 71.6 Å². The van der Waals surface area contributed by atoms with Gasteiger partial charge in [-0.3, -0.25) is 14.9 Å². The fourth-order valence-electron chi connectivity index (χ4n) is 4.82. The monoisotopic (exact) mass is 523 g/mol. The second-order valence-electron chi connectivity index (χ2n) is 9.08. The minimum Gasteiger partial charge on any atom is -0.481 e. The maximum atomic E-state index is 14.1. The molecule has 0 bridgehead atoms. The van der Waals surface area contributed by atoms with Crippen LogP contribution in [-0.4, -0.2) is 33.4 Å². The van der Waals surface area contributed by atoms with Gasteiger partial charge in [0, 0.05) is 30.8 Å². The Morgan fingerprint density at radius 3 is 2.05 bits per heavy atom. The van der Waals surface area contributed by atoms with Crippen LogP contribution in [0.4, 0.5) is 11.4 Å². The Morgan fingerprint density at radius 1 is 0.846 bits per heavy atom. The number of benzene rings is 4. The third-order valence-corrected chi connectivity index (χ3v) is 6.52. The lowest BCUT2D eigenvalue weighted by Gasteiger charge is -2.46. The third kappa shape index (κ3) is 5.42. The van der Waals surface area contributed by atoms with Gasteiger partial charge in [0.1, 0.15) is 11.9 Å². The average Bonchev–Trinajstić information content (AvgIpc) is 2.95. The number of carboxylic acids is 1. The van der Waals surface area contributed by atoms with E-state index in [4.69, 9.17) is 4.74 Å². The highest BCUT2D eigenvalue weighted by atomic mass is 16.6. The number of carboxylic acid groups (broad SMARTS) is 1. The van der Waals surface area contributed by atoms with E-state index in [-0.39, 0.29) is 23.7 Å². The Kier molecular flexibility index (Phi) is 7.22. The first-order valence-corrected chi connectivity index (χ1v) is 12.3. The number of nitrogens with zero attached hydrogens (tertiary/aromatic N) is 3. The number of ether oxygens (including phenoxy) is 1. The first kappa shape index (κ1) is 25.5. The van der Waals surface area contributed by atoms with Gasteiger partial charge >= 0.3 is 5.97 Å². The Bertz CT molecular complexity index is 1510. The second-order valence-corrected chi connectivity index (χ2v) is 9.08. The van der Waals surface area contributed by atoms with Crippen molar-refractivity contribution in [1.29, 1.82) is 0 Å². The van der Waals surface area contributed by atoms with Crippen LogP contribution in [0.15, 0.2) is 103 Å². The number of nitro benzene ring substituents is 1. The summed E-state index contributed by atoms with van der Waals surface area (Å²) in [4.78, 5) is 40.1. The number of carbonyl (C=O) groups excluding carboxylic acids is 1. The van der Waals surface area contributed by atoms with Gasteiger partial charge < -0.3 is 19.6 Å². The highest BCUT2D eigenvalue weighted by molar-refractivity contribution is 6.02. The van der Waals surface area contributed by atoms with Crippen molar-refractivity contribution in [1.82, 2.24) is 4.90 Å². The quantitative estimate of drug-likeness (QED) is 0.230. The van der Waals surface area contributed by atoms with Crippen molar-refractivity contribution < 1.29 is 24.4 Å². The number of rotatable bonds is 9. The molecule has 1 aliphatic heterocycles. The van der Waals surface area contributed by atoms with Crippen LogP contribution in [0, 0.1) is 10.1 Å². The van der Waals surface area contributed by atoms with E-state index in [9.17, 15) is 24.8 Å². The number of carbonyl (C=O) groups is 2. The van der Waals surface area contributed by atoms with Gasteiger partial charge in [-0.05, 0) is 23.3 Å². The van der Waals surface area contributed by atoms with E-state index in [0.717, 1.165) is 11.1 Å². The lowest BCUT2D eigenvalue weighted by Crippen LogP contribution is -2.49. The predicted molar refractivity (Wildman–Crippen MR) is 144 cm³/mol. The van der Waals surface area contributed by atoms with Crippen LogP contribution >= 0.6 is 0 Å².